The molecule has 1 fully saturated rings. The van der Waals surface area contributed by atoms with Gasteiger partial charge in [0.2, 0.25) is 0 Å². The Morgan fingerprint density at radius 3 is 3.00 bits per heavy atom. The molecule has 0 unspecified atom stereocenters. The zero-order chi connectivity index (χ0) is 8.97. The van der Waals surface area contributed by atoms with Crippen molar-refractivity contribution in [3.63, 3.8) is 0 Å². The van der Waals surface area contributed by atoms with Crippen molar-refractivity contribution in [3.8, 4) is 0 Å². The van der Waals surface area contributed by atoms with Crippen LogP contribution in [0.15, 0.2) is 12.2 Å². The lowest BCUT2D eigenvalue weighted by Crippen LogP contribution is -2.24. The van der Waals surface area contributed by atoms with Gasteiger partial charge < -0.3 is 14.7 Å². The van der Waals surface area contributed by atoms with E-state index in [1.165, 1.54) is 11.0 Å². The highest BCUT2D eigenvalue weighted by Gasteiger charge is 2.19. The average Bonchev–Trinajstić information content (AvgIpc) is 2.36. The predicted molar refractivity (Wildman–Crippen MR) is 39.7 cm³/mol. The van der Waals surface area contributed by atoms with Gasteiger partial charge >= 0.3 is 12.1 Å². The van der Waals surface area contributed by atoms with E-state index < -0.39 is 5.97 Å². The van der Waals surface area contributed by atoms with Gasteiger partial charge in [0.1, 0.15) is 6.61 Å². The van der Waals surface area contributed by atoms with E-state index >= 15 is 0 Å². The molecule has 0 spiro atoms. The molecule has 1 amide bonds. The quantitative estimate of drug-likeness (QED) is 0.610. The van der Waals surface area contributed by atoms with E-state index in [-0.39, 0.29) is 6.09 Å². The molecule has 12 heavy (non-hydrogen) atoms. The van der Waals surface area contributed by atoms with Crippen LogP contribution in [-0.2, 0) is 9.53 Å². The van der Waals surface area contributed by atoms with Gasteiger partial charge in [0.05, 0.1) is 6.54 Å². The molecular formula is C7H9NO4. The molecule has 0 aromatic heterocycles. The van der Waals surface area contributed by atoms with Crippen molar-refractivity contribution in [3.05, 3.63) is 12.2 Å². The number of hydrogen-bond acceptors (Lipinski definition) is 3. The van der Waals surface area contributed by atoms with Crippen LogP contribution in [-0.4, -0.2) is 41.8 Å². The zero-order valence-corrected chi connectivity index (χ0v) is 6.40. The maximum Gasteiger partial charge on any atom is 0.410 e. The molecule has 0 radical (unpaired) electrons. The van der Waals surface area contributed by atoms with Gasteiger partial charge in [-0.25, -0.2) is 9.59 Å². The number of rotatable bonds is 3. The summed E-state index contributed by atoms with van der Waals surface area (Å²) in [6, 6.07) is 0. The molecule has 0 atom stereocenters. The SMILES string of the molecule is O=C(O)/C=C/CN1CCOC1=O. The fraction of sp³-hybridized carbons (Fsp3) is 0.429. The smallest absolute Gasteiger partial charge is 0.410 e. The van der Waals surface area contributed by atoms with Gasteiger partial charge in [0, 0.05) is 12.6 Å². The van der Waals surface area contributed by atoms with Crippen molar-refractivity contribution in [2.24, 2.45) is 0 Å². The summed E-state index contributed by atoms with van der Waals surface area (Å²) in [5, 5.41) is 8.23. The molecule has 0 bridgehead atoms. The molecule has 1 N–H and O–H groups in total. The summed E-state index contributed by atoms with van der Waals surface area (Å²) in [6.45, 7) is 1.22. The van der Waals surface area contributed by atoms with E-state index in [2.05, 4.69) is 4.74 Å². The third-order valence-electron chi connectivity index (χ3n) is 1.43. The molecule has 1 saturated heterocycles. The molecule has 1 heterocycles. The summed E-state index contributed by atoms with van der Waals surface area (Å²) in [4.78, 5) is 22.2. The van der Waals surface area contributed by atoms with E-state index in [4.69, 9.17) is 5.11 Å². The van der Waals surface area contributed by atoms with Crippen molar-refractivity contribution in [2.75, 3.05) is 19.7 Å². The van der Waals surface area contributed by atoms with Gasteiger partial charge in [-0.05, 0) is 0 Å². The van der Waals surface area contributed by atoms with Crippen LogP contribution in [0.4, 0.5) is 4.79 Å². The number of carboxylic acids is 1. The van der Waals surface area contributed by atoms with Crippen molar-refractivity contribution < 1.29 is 19.4 Å². The summed E-state index contributed by atoms with van der Waals surface area (Å²) < 4.78 is 4.63. The average molecular weight is 171 g/mol. The Hall–Kier alpha value is -1.52. The van der Waals surface area contributed by atoms with Crippen molar-refractivity contribution in [1.82, 2.24) is 4.90 Å². The summed E-state index contributed by atoms with van der Waals surface area (Å²) in [5.41, 5.74) is 0. The third-order valence-corrected chi connectivity index (χ3v) is 1.43. The Labute approximate surface area is 69.2 Å². The Kier molecular flexibility index (Phi) is 2.68. The monoisotopic (exact) mass is 171 g/mol. The zero-order valence-electron chi connectivity index (χ0n) is 6.40. The van der Waals surface area contributed by atoms with Crippen LogP contribution >= 0.6 is 0 Å². The molecular weight excluding hydrogens is 162 g/mol. The van der Waals surface area contributed by atoms with Crippen molar-refractivity contribution in [2.45, 2.75) is 0 Å². The van der Waals surface area contributed by atoms with Gasteiger partial charge in [-0.2, -0.15) is 0 Å². The Balaban J connectivity index is 2.31. The summed E-state index contributed by atoms with van der Waals surface area (Å²) >= 11 is 0. The first kappa shape index (κ1) is 8.58. The van der Waals surface area contributed by atoms with E-state index in [0.29, 0.717) is 19.7 Å². The second-order valence-electron chi connectivity index (χ2n) is 2.30. The fourth-order valence-electron chi connectivity index (χ4n) is 0.872. The van der Waals surface area contributed by atoms with Crippen LogP contribution in [0, 0.1) is 0 Å². The molecule has 5 nitrogen and oxygen atoms in total. The maximum atomic E-state index is 10.8. The molecule has 1 aliphatic heterocycles. The molecule has 1 rings (SSSR count). The topological polar surface area (TPSA) is 66.8 Å². The highest BCUT2D eigenvalue weighted by atomic mass is 16.6. The van der Waals surface area contributed by atoms with Crippen molar-refractivity contribution in [1.29, 1.82) is 0 Å². The number of hydrogen-bond donors (Lipinski definition) is 1. The standard InChI is InChI=1S/C7H9NO4/c9-6(10)2-1-3-8-4-5-12-7(8)11/h1-2H,3-5H2,(H,9,10)/b2-1+. The number of amides is 1. The van der Waals surface area contributed by atoms with Gasteiger partial charge in [-0.3, -0.25) is 0 Å². The lowest BCUT2D eigenvalue weighted by atomic mass is 10.4. The normalized spacial score (nSPS) is 17.0. The number of ether oxygens (including phenoxy) is 1. The first-order valence-electron chi connectivity index (χ1n) is 3.51. The lowest BCUT2D eigenvalue weighted by Gasteiger charge is -2.07. The van der Waals surface area contributed by atoms with Crippen LogP contribution < -0.4 is 0 Å². The molecule has 0 aromatic rings. The lowest BCUT2D eigenvalue weighted by molar-refractivity contribution is -0.131. The number of aliphatic carboxylic acids is 1. The number of carboxylic acid groups (broad SMARTS) is 1. The largest absolute Gasteiger partial charge is 0.478 e. The van der Waals surface area contributed by atoms with Gasteiger partial charge in [0.25, 0.3) is 0 Å². The Morgan fingerprint density at radius 1 is 1.75 bits per heavy atom. The van der Waals surface area contributed by atoms with E-state index in [0.717, 1.165) is 6.08 Å². The predicted octanol–water partition coefficient (Wildman–Crippen LogP) is 0.0794. The summed E-state index contributed by atoms with van der Waals surface area (Å²) in [7, 11) is 0. The van der Waals surface area contributed by atoms with Gasteiger partial charge in [0.15, 0.2) is 0 Å². The van der Waals surface area contributed by atoms with Gasteiger partial charge in [-0.1, -0.05) is 6.08 Å². The van der Waals surface area contributed by atoms with Crippen LogP contribution in [0.2, 0.25) is 0 Å². The van der Waals surface area contributed by atoms with Crippen molar-refractivity contribution >= 4 is 12.1 Å². The third kappa shape index (κ3) is 2.26. The first-order chi connectivity index (χ1) is 5.70. The minimum absolute atomic E-state index is 0.297. The second kappa shape index (κ2) is 3.75. The molecule has 1 aliphatic rings. The fourth-order valence-corrected chi connectivity index (χ4v) is 0.872. The minimum atomic E-state index is -1.01. The number of carbonyl (C=O) groups is 2. The first-order valence-corrected chi connectivity index (χ1v) is 3.51. The molecule has 5 heteroatoms. The van der Waals surface area contributed by atoms with Crippen LogP contribution in [0.1, 0.15) is 0 Å². The van der Waals surface area contributed by atoms with Crippen LogP contribution in [0.3, 0.4) is 0 Å². The molecule has 0 aromatic carbocycles. The minimum Gasteiger partial charge on any atom is -0.478 e. The van der Waals surface area contributed by atoms with Gasteiger partial charge in [-0.15, -0.1) is 0 Å². The Bertz CT molecular complexity index is 223. The summed E-state index contributed by atoms with van der Waals surface area (Å²) in [5.74, 6) is -1.01. The number of cyclic esters (lactones) is 1. The summed E-state index contributed by atoms with van der Waals surface area (Å²) in [6.07, 6.45) is 2.03. The number of carbonyl (C=O) groups excluding carboxylic acids is 1. The van der Waals surface area contributed by atoms with E-state index in [1.54, 1.807) is 0 Å². The molecule has 66 valence electrons. The molecule has 0 aliphatic carbocycles. The van der Waals surface area contributed by atoms with E-state index in [9.17, 15) is 9.59 Å². The Morgan fingerprint density at radius 2 is 2.50 bits per heavy atom. The highest BCUT2D eigenvalue weighted by Crippen LogP contribution is 2.01. The molecule has 0 saturated carbocycles. The van der Waals surface area contributed by atoms with Crippen LogP contribution in [0.25, 0.3) is 0 Å². The highest BCUT2D eigenvalue weighted by molar-refractivity contribution is 5.79. The maximum absolute atomic E-state index is 10.8. The second-order valence-corrected chi connectivity index (χ2v) is 2.30. The van der Waals surface area contributed by atoms with E-state index in [1.807, 2.05) is 0 Å². The number of nitrogens with zero attached hydrogens (tertiary/aromatic N) is 1. The van der Waals surface area contributed by atoms with Crippen LogP contribution in [0.5, 0.6) is 0 Å².